The normalized spacial score (nSPS) is 15.7. The predicted molar refractivity (Wildman–Crippen MR) is 103 cm³/mol. The molecule has 0 aliphatic carbocycles. The summed E-state index contributed by atoms with van der Waals surface area (Å²) >= 11 is 1.26. The second kappa shape index (κ2) is 9.01. The van der Waals surface area contributed by atoms with Gasteiger partial charge in [-0.15, -0.1) is 5.10 Å². The average Bonchev–Trinajstić information content (AvgIpc) is 3.14. The lowest BCUT2D eigenvalue weighted by Crippen LogP contribution is -2.51. The van der Waals surface area contributed by atoms with E-state index in [1.807, 2.05) is 6.92 Å². The number of aryl methyl sites for hydroxylation is 1. The molecule has 1 fully saturated rings. The van der Waals surface area contributed by atoms with E-state index < -0.39 is 15.8 Å². The van der Waals surface area contributed by atoms with Crippen molar-refractivity contribution in [3.8, 4) is 0 Å². The van der Waals surface area contributed by atoms with E-state index in [0.717, 1.165) is 24.7 Å². The summed E-state index contributed by atoms with van der Waals surface area (Å²) in [7, 11) is -3.77. The highest BCUT2D eigenvalue weighted by atomic mass is 32.2. The number of nitrogens with one attached hydrogen (secondary N) is 1. The molecule has 1 aromatic heterocycles. The molecule has 2 aromatic rings. The number of carbonyl (C=O) groups is 1. The van der Waals surface area contributed by atoms with Crippen molar-refractivity contribution >= 4 is 27.7 Å². The topological polar surface area (TPSA) is 99.3 Å². The van der Waals surface area contributed by atoms with Gasteiger partial charge >= 0.3 is 0 Å². The third kappa shape index (κ3) is 4.89. The number of piperazine rings is 1. The van der Waals surface area contributed by atoms with Crippen molar-refractivity contribution in [1.29, 1.82) is 0 Å². The first kappa shape index (κ1) is 20.7. The number of aromatic nitrogens is 3. The van der Waals surface area contributed by atoms with E-state index in [1.165, 1.54) is 34.3 Å². The summed E-state index contributed by atoms with van der Waals surface area (Å²) in [5, 5.41) is 7.45. The Morgan fingerprint density at radius 2 is 2.04 bits per heavy atom. The number of benzene rings is 1. The Balaban J connectivity index is 1.52. The molecule has 1 amide bonds. The lowest BCUT2D eigenvalue weighted by molar-refractivity contribution is -0.129. The van der Waals surface area contributed by atoms with Crippen molar-refractivity contribution < 1.29 is 17.6 Å². The Kier molecular flexibility index (Phi) is 6.68. The lowest BCUT2D eigenvalue weighted by atomic mass is 10.3. The maximum atomic E-state index is 13.4. The Morgan fingerprint density at radius 3 is 2.71 bits per heavy atom. The first-order chi connectivity index (χ1) is 13.4. The van der Waals surface area contributed by atoms with E-state index in [-0.39, 0.29) is 29.6 Å². The fourth-order valence-electron chi connectivity index (χ4n) is 2.86. The second-order valence-electron chi connectivity index (χ2n) is 6.35. The first-order valence-corrected chi connectivity index (χ1v) is 11.4. The predicted octanol–water partition coefficient (Wildman–Crippen LogP) is 1.52. The maximum absolute atomic E-state index is 13.4. The fourth-order valence-corrected chi connectivity index (χ4v) is 5.04. The van der Waals surface area contributed by atoms with Crippen LogP contribution in [0.2, 0.25) is 0 Å². The van der Waals surface area contributed by atoms with Gasteiger partial charge < -0.3 is 4.90 Å². The van der Waals surface area contributed by atoms with Crippen LogP contribution in [-0.2, 0) is 21.2 Å². The molecule has 0 atom stereocenters. The Morgan fingerprint density at radius 1 is 1.29 bits per heavy atom. The highest BCUT2D eigenvalue weighted by molar-refractivity contribution is 7.99. The van der Waals surface area contributed by atoms with E-state index >= 15 is 0 Å². The van der Waals surface area contributed by atoms with Crippen molar-refractivity contribution in [3.63, 3.8) is 0 Å². The van der Waals surface area contributed by atoms with Crippen molar-refractivity contribution in [3.05, 3.63) is 35.9 Å². The van der Waals surface area contributed by atoms with Crippen molar-refractivity contribution in [2.24, 2.45) is 0 Å². The van der Waals surface area contributed by atoms with Crippen molar-refractivity contribution in [2.45, 2.75) is 29.8 Å². The number of rotatable bonds is 7. The summed E-state index contributed by atoms with van der Waals surface area (Å²) in [5.41, 5.74) is 0. The zero-order valence-corrected chi connectivity index (χ0v) is 17.1. The third-order valence-corrected chi connectivity index (χ3v) is 7.07. The molecule has 3 rings (SSSR count). The molecule has 8 nitrogen and oxygen atoms in total. The van der Waals surface area contributed by atoms with Gasteiger partial charge in [-0.1, -0.05) is 24.8 Å². The molecule has 0 radical (unpaired) electrons. The van der Waals surface area contributed by atoms with Crippen LogP contribution in [0.4, 0.5) is 4.39 Å². The van der Waals surface area contributed by atoms with E-state index in [9.17, 15) is 17.6 Å². The van der Waals surface area contributed by atoms with Crippen molar-refractivity contribution in [1.82, 2.24) is 24.4 Å². The van der Waals surface area contributed by atoms with E-state index in [4.69, 9.17) is 0 Å². The fraction of sp³-hybridized carbons (Fsp3) is 0.471. The minimum Gasteiger partial charge on any atom is -0.339 e. The highest BCUT2D eigenvalue weighted by Crippen LogP contribution is 2.19. The number of carbonyl (C=O) groups excluding carboxylic acids is 1. The zero-order chi connectivity index (χ0) is 20.1. The van der Waals surface area contributed by atoms with Crippen LogP contribution in [0.5, 0.6) is 0 Å². The van der Waals surface area contributed by atoms with Gasteiger partial charge in [0.2, 0.25) is 21.1 Å². The number of aromatic amines is 1. The van der Waals surface area contributed by atoms with Gasteiger partial charge in [0.15, 0.2) is 0 Å². The third-order valence-electron chi connectivity index (χ3n) is 4.35. The lowest BCUT2D eigenvalue weighted by Gasteiger charge is -2.34. The number of thioether (sulfide) groups is 1. The van der Waals surface area contributed by atoms with E-state index in [1.54, 1.807) is 4.90 Å². The molecule has 0 spiro atoms. The average molecular weight is 428 g/mol. The van der Waals surface area contributed by atoms with Gasteiger partial charge in [0, 0.05) is 32.6 Å². The van der Waals surface area contributed by atoms with Crippen LogP contribution in [0, 0.1) is 5.82 Å². The Bertz CT molecular complexity index is 926. The largest absolute Gasteiger partial charge is 0.339 e. The molecule has 2 heterocycles. The number of amides is 1. The number of hydrogen-bond acceptors (Lipinski definition) is 6. The van der Waals surface area contributed by atoms with Crippen LogP contribution in [0.3, 0.4) is 0 Å². The maximum Gasteiger partial charge on any atom is 0.243 e. The van der Waals surface area contributed by atoms with Gasteiger partial charge in [-0.3, -0.25) is 9.89 Å². The van der Waals surface area contributed by atoms with Crippen LogP contribution in [0.15, 0.2) is 34.3 Å². The van der Waals surface area contributed by atoms with Gasteiger partial charge in [0.25, 0.3) is 0 Å². The Labute approximate surface area is 167 Å². The highest BCUT2D eigenvalue weighted by Gasteiger charge is 2.30. The minimum absolute atomic E-state index is 0.0738. The molecule has 0 unspecified atom stereocenters. The molecular weight excluding hydrogens is 405 g/mol. The van der Waals surface area contributed by atoms with Crippen LogP contribution in [0.1, 0.15) is 19.2 Å². The number of nitrogens with zero attached hydrogens (tertiary/aromatic N) is 4. The SMILES string of the molecule is CCCc1nc(SCC(=O)N2CCN(S(=O)(=O)c3cccc(F)c3)CC2)n[nH]1. The summed E-state index contributed by atoms with van der Waals surface area (Å²) in [6.45, 7) is 2.99. The van der Waals surface area contributed by atoms with E-state index in [2.05, 4.69) is 15.2 Å². The summed E-state index contributed by atoms with van der Waals surface area (Å²) in [5.74, 6) is 0.310. The van der Waals surface area contributed by atoms with Crippen molar-refractivity contribution in [2.75, 3.05) is 31.9 Å². The molecule has 152 valence electrons. The van der Waals surface area contributed by atoms with Gasteiger partial charge in [-0.25, -0.2) is 17.8 Å². The standard InChI is InChI=1S/C17H22FN5O3S2/c1-2-4-15-19-17(21-20-15)27-12-16(24)22-7-9-23(10-8-22)28(25,26)14-6-3-5-13(18)11-14/h3,5-6,11H,2,4,7-10,12H2,1H3,(H,19,20,21). The molecule has 0 saturated carbocycles. The molecule has 0 bridgehead atoms. The quantitative estimate of drug-likeness (QED) is 0.673. The number of H-pyrrole nitrogens is 1. The van der Waals surface area contributed by atoms with Gasteiger partial charge in [-0.2, -0.15) is 4.31 Å². The monoisotopic (exact) mass is 427 g/mol. The molecule has 1 aliphatic heterocycles. The molecule has 11 heteroatoms. The molecule has 1 aliphatic rings. The van der Waals surface area contributed by atoms with Crippen LogP contribution in [-0.4, -0.2) is 70.6 Å². The smallest absolute Gasteiger partial charge is 0.243 e. The van der Waals surface area contributed by atoms with Crippen LogP contribution in [0.25, 0.3) is 0 Å². The van der Waals surface area contributed by atoms with Crippen LogP contribution >= 0.6 is 11.8 Å². The molecule has 1 N–H and O–H groups in total. The summed E-state index contributed by atoms with van der Waals surface area (Å²) in [6.07, 6.45) is 1.77. The number of sulfonamides is 1. The zero-order valence-electron chi connectivity index (χ0n) is 15.5. The summed E-state index contributed by atoms with van der Waals surface area (Å²) in [4.78, 5) is 18.3. The summed E-state index contributed by atoms with van der Waals surface area (Å²) < 4.78 is 39.9. The second-order valence-corrected chi connectivity index (χ2v) is 9.23. The van der Waals surface area contributed by atoms with Gasteiger partial charge in [0.1, 0.15) is 11.6 Å². The molecular formula is C17H22FN5O3S2. The minimum atomic E-state index is -3.77. The van der Waals surface area contributed by atoms with Gasteiger partial charge in [0.05, 0.1) is 10.6 Å². The number of hydrogen-bond donors (Lipinski definition) is 1. The molecule has 1 aromatic carbocycles. The van der Waals surface area contributed by atoms with Gasteiger partial charge in [-0.05, 0) is 24.6 Å². The van der Waals surface area contributed by atoms with E-state index in [0.29, 0.717) is 18.2 Å². The number of halogens is 1. The summed E-state index contributed by atoms with van der Waals surface area (Å²) in [6, 6.07) is 4.95. The first-order valence-electron chi connectivity index (χ1n) is 8.97. The molecule has 1 saturated heterocycles. The Hall–Kier alpha value is -1.98. The molecule has 28 heavy (non-hydrogen) atoms. The van der Waals surface area contributed by atoms with Crippen LogP contribution < -0.4 is 0 Å².